The Bertz CT molecular complexity index is 585. The molecule has 19 heavy (non-hydrogen) atoms. The first-order valence-electron chi connectivity index (χ1n) is 6.02. The summed E-state index contributed by atoms with van der Waals surface area (Å²) in [5.74, 6) is -0.319. The van der Waals surface area contributed by atoms with Crippen LogP contribution in [0.25, 0.3) is 0 Å². The van der Waals surface area contributed by atoms with E-state index in [9.17, 15) is 4.39 Å². The van der Waals surface area contributed by atoms with Gasteiger partial charge in [0.2, 0.25) is 0 Å². The smallest absolute Gasteiger partial charge is 0.129 e. The van der Waals surface area contributed by atoms with Gasteiger partial charge in [-0.2, -0.15) is 5.10 Å². The van der Waals surface area contributed by atoms with Gasteiger partial charge in [0.15, 0.2) is 0 Å². The SMILES string of the molecule is Cc1nn(Cc2c(F)cccc2Cl)c(C)c1C(C)Cl. The maximum atomic E-state index is 13.8. The molecule has 5 heteroatoms. The van der Waals surface area contributed by atoms with E-state index >= 15 is 0 Å². The van der Waals surface area contributed by atoms with Gasteiger partial charge in [-0.3, -0.25) is 4.68 Å². The van der Waals surface area contributed by atoms with E-state index in [1.165, 1.54) is 6.07 Å². The quantitative estimate of drug-likeness (QED) is 0.755. The van der Waals surface area contributed by atoms with Crippen LogP contribution in [0.3, 0.4) is 0 Å². The lowest BCUT2D eigenvalue weighted by Crippen LogP contribution is -2.07. The van der Waals surface area contributed by atoms with Gasteiger partial charge in [-0.25, -0.2) is 4.39 Å². The van der Waals surface area contributed by atoms with Gasteiger partial charge in [-0.15, -0.1) is 11.6 Å². The highest BCUT2D eigenvalue weighted by atomic mass is 35.5. The maximum Gasteiger partial charge on any atom is 0.129 e. The van der Waals surface area contributed by atoms with Crippen LogP contribution in [0.4, 0.5) is 4.39 Å². The second kappa shape index (κ2) is 5.51. The zero-order valence-electron chi connectivity index (χ0n) is 11.0. The van der Waals surface area contributed by atoms with Crippen molar-refractivity contribution < 1.29 is 4.39 Å². The van der Waals surface area contributed by atoms with Crippen molar-refractivity contribution in [1.29, 1.82) is 0 Å². The van der Waals surface area contributed by atoms with E-state index in [0.717, 1.165) is 17.0 Å². The van der Waals surface area contributed by atoms with Gasteiger partial charge in [-0.05, 0) is 32.9 Å². The highest BCUT2D eigenvalue weighted by Crippen LogP contribution is 2.27. The molecular formula is C14H15Cl2FN2. The van der Waals surface area contributed by atoms with Crippen LogP contribution < -0.4 is 0 Å². The third-order valence-corrected chi connectivity index (χ3v) is 3.78. The van der Waals surface area contributed by atoms with E-state index in [1.54, 1.807) is 16.8 Å². The molecule has 1 unspecified atom stereocenters. The van der Waals surface area contributed by atoms with Gasteiger partial charge in [0.05, 0.1) is 17.6 Å². The molecular weight excluding hydrogens is 286 g/mol. The number of aryl methyl sites for hydroxylation is 1. The largest absolute Gasteiger partial charge is 0.265 e. The Kier molecular flexibility index (Phi) is 4.16. The summed E-state index contributed by atoms with van der Waals surface area (Å²) < 4.78 is 15.5. The van der Waals surface area contributed by atoms with Crippen LogP contribution in [0.1, 0.15) is 34.8 Å². The van der Waals surface area contributed by atoms with Crippen LogP contribution in [-0.4, -0.2) is 9.78 Å². The van der Waals surface area contributed by atoms with Crippen molar-refractivity contribution in [3.63, 3.8) is 0 Å². The third-order valence-electron chi connectivity index (χ3n) is 3.20. The van der Waals surface area contributed by atoms with E-state index in [0.29, 0.717) is 17.1 Å². The normalized spacial score (nSPS) is 12.7. The van der Waals surface area contributed by atoms with Crippen LogP contribution in [0.5, 0.6) is 0 Å². The molecule has 0 aliphatic rings. The molecule has 0 amide bonds. The fourth-order valence-corrected chi connectivity index (χ4v) is 2.81. The minimum Gasteiger partial charge on any atom is -0.265 e. The lowest BCUT2D eigenvalue weighted by atomic mass is 10.1. The fourth-order valence-electron chi connectivity index (χ4n) is 2.27. The van der Waals surface area contributed by atoms with Gasteiger partial charge in [0.25, 0.3) is 0 Å². The molecule has 0 saturated carbocycles. The molecule has 2 rings (SSSR count). The van der Waals surface area contributed by atoms with Crippen LogP contribution in [0.2, 0.25) is 5.02 Å². The Morgan fingerprint density at radius 1 is 1.37 bits per heavy atom. The standard InChI is InChI=1S/C14H15Cl2FN2/c1-8(15)14-9(2)18-19(10(14)3)7-11-12(16)5-4-6-13(11)17/h4-6,8H,7H2,1-3H3. The van der Waals surface area contributed by atoms with Gasteiger partial charge < -0.3 is 0 Å². The molecule has 1 aromatic heterocycles. The monoisotopic (exact) mass is 300 g/mol. The molecule has 0 spiro atoms. The van der Waals surface area contributed by atoms with E-state index < -0.39 is 0 Å². The summed E-state index contributed by atoms with van der Waals surface area (Å²) >= 11 is 12.2. The summed E-state index contributed by atoms with van der Waals surface area (Å²) in [6, 6.07) is 4.67. The first-order chi connectivity index (χ1) is 8.91. The summed E-state index contributed by atoms with van der Waals surface area (Å²) in [5.41, 5.74) is 3.25. The molecule has 0 N–H and O–H groups in total. The summed E-state index contributed by atoms with van der Waals surface area (Å²) in [6.45, 7) is 6.05. The molecule has 2 aromatic rings. The van der Waals surface area contributed by atoms with Crippen molar-refractivity contribution in [2.45, 2.75) is 32.7 Å². The zero-order valence-corrected chi connectivity index (χ0v) is 12.6. The Morgan fingerprint density at radius 3 is 2.58 bits per heavy atom. The molecule has 0 aliphatic carbocycles. The summed E-state index contributed by atoms with van der Waals surface area (Å²) in [7, 11) is 0. The molecule has 1 aromatic carbocycles. The van der Waals surface area contributed by atoms with Crippen molar-refractivity contribution in [3.05, 3.63) is 51.6 Å². The number of hydrogen-bond acceptors (Lipinski definition) is 1. The number of halogens is 3. The van der Waals surface area contributed by atoms with Gasteiger partial charge in [0, 0.05) is 21.8 Å². The highest BCUT2D eigenvalue weighted by Gasteiger charge is 2.17. The molecule has 1 heterocycles. The van der Waals surface area contributed by atoms with Gasteiger partial charge in [0.1, 0.15) is 5.82 Å². The molecule has 2 nitrogen and oxygen atoms in total. The lowest BCUT2D eigenvalue weighted by molar-refractivity contribution is 0.578. The number of rotatable bonds is 3. The number of benzene rings is 1. The predicted molar refractivity (Wildman–Crippen MR) is 76.5 cm³/mol. The third kappa shape index (κ3) is 2.77. The van der Waals surface area contributed by atoms with Crippen molar-refractivity contribution in [1.82, 2.24) is 9.78 Å². The zero-order chi connectivity index (χ0) is 14.2. The summed E-state index contributed by atoms with van der Waals surface area (Å²) in [5, 5.41) is 4.71. The highest BCUT2D eigenvalue weighted by molar-refractivity contribution is 6.31. The summed E-state index contributed by atoms with van der Waals surface area (Å²) in [6.07, 6.45) is 0. The molecule has 1 atom stereocenters. The van der Waals surface area contributed by atoms with E-state index in [4.69, 9.17) is 23.2 Å². The molecule has 0 aliphatic heterocycles. The topological polar surface area (TPSA) is 17.8 Å². The van der Waals surface area contributed by atoms with E-state index in [2.05, 4.69) is 5.10 Å². The van der Waals surface area contributed by atoms with Gasteiger partial charge >= 0.3 is 0 Å². The minimum atomic E-state index is -0.319. The average molecular weight is 301 g/mol. The first-order valence-corrected chi connectivity index (χ1v) is 6.84. The van der Waals surface area contributed by atoms with Crippen molar-refractivity contribution >= 4 is 23.2 Å². The maximum absolute atomic E-state index is 13.8. The Labute approximate surface area is 122 Å². The van der Waals surface area contributed by atoms with Crippen molar-refractivity contribution in [3.8, 4) is 0 Å². The van der Waals surface area contributed by atoms with E-state index in [1.807, 2.05) is 20.8 Å². The molecule has 102 valence electrons. The number of hydrogen-bond donors (Lipinski definition) is 0. The summed E-state index contributed by atoms with van der Waals surface area (Å²) in [4.78, 5) is 0. The number of nitrogens with zero attached hydrogens (tertiary/aromatic N) is 2. The second-order valence-corrected chi connectivity index (χ2v) is 5.62. The van der Waals surface area contributed by atoms with Gasteiger partial charge in [-0.1, -0.05) is 17.7 Å². The predicted octanol–water partition coefficient (Wildman–Crippen LogP) is 4.64. The van der Waals surface area contributed by atoms with Crippen LogP contribution >= 0.6 is 23.2 Å². The molecule has 0 fully saturated rings. The Hall–Kier alpha value is -1.06. The molecule has 0 bridgehead atoms. The van der Waals surface area contributed by atoms with Crippen molar-refractivity contribution in [2.75, 3.05) is 0 Å². The number of alkyl halides is 1. The second-order valence-electron chi connectivity index (χ2n) is 4.56. The molecule has 0 saturated heterocycles. The lowest BCUT2D eigenvalue weighted by Gasteiger charge is -2.09. The fraction of sp³-hybridized carbons (Fsp3) is 0.357. The van der Waals surface area contributed by atoms with Crippen LogP contribution in [0.15, 0.2) is 18.2 Å². The van der Waals surface area contributed by atoms with E-state index in [-0.39, 0.29) is 11.2 Å². The average Bonchev–Trinajstić information content (AvgIpc) is 2.59. The van der Waals surface area contributed by atoms with Crippen LogP contribution in [-0.2, 0) is 6.54 Å². The Balaban J connectivity index is 2.42. The molecule has 0 radical (unpaired) electrons. The first kappa shape index (κ1) is 14.4. The minimum absolute atomic E-state index is 0.121. The van der Waals surface area contributed by atoms with Crippen LogP contribution in [0, 0.1) is 19.7 Å². The Morgan fingerprint density at radius 2 is 2.05 bits per heavy atom. The van der Waals surface area contributed by atoms with Crippen molar-refractivity contribution in [2.24, 2.45) is 0 Å². The number of aromatic nitrogens is 2.